The number of aliphatic hydroxyl groups excluding tert-OH is 2. The minimum atomic E-state index is -0.858. The van der Waals surface area contributed by atoms with Gasteiger partial charge in [-0.3, -0.25) is 9.59 Å². The molecular formula is C53H101NO5. The molecule has 0 radical (unpaired) electrons. The zero-order valence-electron chi connectivity index (χ0n) is 39.5. The highest BCUT2D eigenvalue weighted by Gasteiger charge is 2.18. The van der Waals surface area contributed by atoms with Crippen LogP contribution in [0.3, 0.4) is 0 Å². The van der Waals surface area contributed by atoms with Gasteiger partial charge in [0.15, 0.2) is 0 Å². The van der Waals surface area contributed by atoms with Gasteiger partial charge in [0.25, 0.3) is 0 Å². The Morgan fingerprint density at radius 1 is 0.458 bits per heavy atom. The standard InChI is InChI=1S/C53H101NO5/c1-3-5-7-9-11-13-15-17-19-20-21-22-24-26-31-35-39-43-47-53(58)59-48-44-40-36-32-28-27-30-34-38-42-46-52(57)54-50(49-55)51(56)45-41-37-33-29-25-23-18-16-14-12-10-8-6-4-2/h19-20,41,45,50-51,55-56H,3-18,21-40,42-44,46-49H2,1-2H3,(H,54,57)/b20-19-,45-41+. The van der Waals surface area contributed by atoms with E-state index in [0.717, 1.165) is 57.8 Å². The molecule has 0 aliphatic heterocycles. The van der Waals surface area contributed by atoms with Gasteiger partial charge in [-0.1, -0.05) is 231 Å². The summed E-state index contributed by atoms with van der Waals surface area (Å²) in [6, 6.07) is -0.644. The van der Waals surface area contributed by atoms with Crippen molar-refractivity contribution in [3.8, 4) is 0 Å². The molecule has 2 unspecified atom stereocenters. The molecule has 0 aromatic heterocycles. The zero-order valence-corrected chi connectivity index (χ0v) is 39.5. The van der Waals surface area contributed by atoms with Crippen LogP contribution in [-0.2, 0) is 14.3 Å². The lowest BCUT2D eigenvalue weighted by atomic mass is 10.0. The summed E-state index contributed by atoms with van der Waals surface area (Å²) in [4.78, 5) is 24.5. The molecule has 6 heteroatoms. The number of nitrogens with one attached hydrogen (secondary N) is 1. The van der Waals surface area contributed by atoms with E-state index < -0.39 is 12.1 Å². The number of rotatable bonds is 48. The van der Waals surface area contributed by atoms with Crippen molar-refractivity contribution in [1.82, 2.24) is 5.32 Å². The number of allylic oxidation sites excluding steroid dienone is 3. The normalized spacial score (nSPS) is 12.8. The highest BCUT2D eigenvalue weighted by atomic mass is 16.5. The van der Waals surface area contributed by atoms with Gasteiger partial charge in [-0.25, -0.2) is 0 Å². The summed E-state index contributed by atoms with van der Waals surface area (Å²) < 4.78 is 5.46. The lowest BCUT2D eigenvalue weighted by Crippen LogP contribution is -2.45. The number of unbranched alkanes of at least 4 members (excludes halogenated alkanes) is 35. The molecule has 59 heavy (non-hydrogen) atoms. The maximum absolute atomic E-state index is 12.4. The van der Waals surface area contributed by atoms with Crippen LogP contribution in [0.1, 0.15) is 277 Å². The third-order valence-electron chi connectivity index (χ3n) is 12.0. The Bertz CT molecular complexity index is 920. The van der Waals surface area contributed by atoms with E-state index in [0.29, 0.717) is 19.4 Å². The Hall–Kier alpha value is -1.66. The Morgan fingerprint density at radius 2 is 0.797 bits per heavy atom. The van der Waals surface area contributed by atoms with E-state index in [-0.39, 0.29) is 18.5 Å². The number of carbonyl (C=O) groups excluding carboxylic acids is 2. The zero-order chi connectivity index (χ0) is 43.0. The molecule has 0 aromatic carbocycles. The first kappa shape index (κ1) is 57.3. The van der Waals surface area contributed by atoms with Crippen molar-refractivity contribution in [2.75, 3.05) is 13.2 Å². The second-order valence-corrected chi connectivity index (χ2v) is 17.9. The van der Waals surface area contributed by atoms with Gasteiger partial charge in [0.2, 0.25) is 5.91 Å². The van der Waals surface area contributed by atoms with E-state index in [1.165, 1.54) is 193 Å². The Labute approximate surface area is 367 Å². The minimum Gasteiger partial charge on any atom is -0.466 e. The van der Waals surface area contributed by atoms with E-state index in [9.17, 15) is 19.8 Å². The van der Waals surface area contributed by atoms with Crippen LogP contribution in [-0.4, -0.2) is 47.4 Å². The summed E-state index contributed by atoms with van der Waals surface area (Å²) in [6.45, 7) is 4.85. The lowest BCUT2D eigenvalue weighted by Gasteiger charge is -2.20. The first-order valence-electron chi connectivity index (χ1n) is 26.1. The van der Waals surface area contributed by atoms with Crippen LogP contribution in [0.4, 0.5) is 0 Å². The number of esters is 1. The highest BCUT2D eigenvalue weighted by Crippen LogP contribution is 2.15. The predicted octanol–water partition coefficient (Wildman–Crippen LogP) is 15.5. The van der Waals surface area contributed by atoms with Crippen molar-refractivity contribution >= 4 is 11.9 Å². The van der Waals surface area contributed by atoms with Crippen molar-refractivity contribution in [1.29, 1.82) is 0 Å². The summed E-state index contributed by atoms with van der Waals surface area (Å²) in [7, 11) is 0. The van der Waals surface area contributed by atoms with Crippen molar-refractivity contribution < 1.29 is 24.5 Å². The second kappa shape index (κ2) is 49.0. The van der Waals surface area contributed by atoms with Crippen molar-refractivity contribution in [2.45, 2.75) is 289 Å². The van der Waals surface area contributed by atoms with Crippen LogP contribution in [0.5, 0.6) is 0 Å². The molecular weight excluding hydrogens is 731 g/mol. The van der Waals surface area contributed by atoms with Crippen LogP contribution < -0.4 is 5.32 Å². The van der Waals surface area contributed by atoms with Gasteiger partial charge >= 0.3 is 5.97 Å². The largest absolute Gasteiger partial charge is 0.466 e. The average molecular weight is 832 g/mol. The number of ether oxygens (including phenoxy) is 1. The molecule has 0 saturated heterocycles. The molecule has 0 fully saturated rings. The van der Waals surface area contributed by atoms with Crippen molar-refractivity contribution in [2.24, 2.45) is 0 Å². The lowest BCUT2D eigenvalue weighted by molar-refractivity contribution is -0.143. The third kappa shape index (κ3) is 45.7. The van der Waals surface area contributed by atoms with Gasteiger partial charge in [0, 0.05) is 12.8 Å². The Balaban J connectivity index is 3.49. The molecule has 0 spiro atoms. The molecule has 0 aromatic rings. The predicted molar refractivity (Wildman–Crippen MR) is 255 cm³/mol. The van der Waals surface area contributed by atoms with E-state index in [2.05, 4.69) is 31.3 Å². The van der Waals surface area contributed by atoms with Gasteiger partial charge in [-0.15, -0.1) is 0 Å². The summed E-state index contributed by atoms with van der Waals surface area (Å²) in [5.74, 6) is -0.115. The molecule has 348 valence electrons. The van der Waals surface area contributed by atoms with E-state index in [1.54, 1.807) is 6.08 Å². The second-order valence-electron chi connectivity index (χ2n) is 17.9. The fourth-order valence-electron chi connectivity index (χ4n) is 7.92. The number of hydrogen-bond acceptors (Lipinski definition) is 5. The fraction of sp³-hybridized carbons (Fsp3) is 0.887. The quantitative estimate of drug-likeness (QED) is 0.0322. The first-order chi connectivity index (χ1) is 29.0. The first-order valence-corrected chi connectivity index (χ1v) is 26.1. The number of amides is 1. The third-order valence-corrected chi connectivity index (χ3v) is 12.0. The van der Waals surface area contributed by atoms with Crippen molar-refractivity contribution in [3.63, 3.8) is 0 Å². The average Bonchev–Trinajstić information content (AvgIpc) is 3.24. The maximum Gasteiger partial charge on any atom is 0.305 e. The van der Waals surface area contributed by atoms with Crippen LogP contribution in [0.25, 0.3) is 0 Å². The molecule has 3 N–H and O–H groups in total. The van der Waals surface area contributed by atoms with Crippen LogP contribution in [0.15, 0.2) is 24.3 Å². The molecule has 0 aliphatic carbocycles. The molecule has 2 atom stereocenters. The Kier molecular flexibility index (Phi) is 47.6. The van der Waals surface area contributed by atoms with Gasteiger partial charge in [-0.2, -0.15) is 0 Å². The molecule has 0 heterocycles. The van der Waals surface area contributed by atoms with Gasteiger partial charge < -0.3 is 20.3 Å². The fourth-order valence-corrected chi connectivity index (χ4v) is 7.92. The SMILES string of the molecule is CCCCCCCCC/C=C\CCCCCCCCCC(=O)OCCCCCCCCCCCCC(=O)NC(CO)C(O)/C=C/CCCCCCCCCCCCCC. The molecule has 0 bridgehead atoms. The van der Waals surface area contributed by atoms with Crippen LogP contribution >= 0.6 is 0 Å². The van der Waals surface area contributed by atoms with Gasteiger partial charge in [-0.05, 0) is 57.8 Å². The summed E-state index contributed by atoms with van der Waals surface area (Å²) >= 11 is 0. The molecule has 6 nitrogen and oxygen atoms in total. The monoisotopic (exact) mass is 832 g/mol. The number of aliphatic hydroxyl groups is 2. The summed E-state index contributed by atoms with van der Waals surface area (Å²) in [6.07, 6.45) is 57.4. The maximum atomic E-state index is 12.4. The molecule has 0 rings (SSSR count). The van der Waals surface area contributed by atoms with Crippen molar-refractivity contribution in [3.05, 3.63) is 24.3 Å². The van der Waals surface area contributed by atoms with Crippen LogP contribution in [0.2, 0.25) is 0 Å². The Morgan fingerprint density at radius 3 is 1.20 bits per heavy atom. The molecule has 1 amide bonds. The number of carbonyl (C=O) groups is 2. The molecule has 0 saturated carbocycles. The highest BCUT2D eigenvalue weighted by molar-refractivity contribution is 5.76. The van der Waals surface area contributed by atoms with Crippen LogP contribution in [0, 0.1) is 0 Å². The summed E-state index contributed by atoms with van der Waals surface area (Å²) in [5.41, 5.74) is 0. The smallest absolute Gasteiger partial charge is 0.305 e. The van der Waals surface area contributed by atoms with Gasteiger partial charge in [0.05, 0.1) is 25.4 Å². The van der Waals surface area contributed by atoms with E-state index >= 15 is 0 Å². The summed E-state index contributed by atoms with van der Waals surface area (Å²) in [5, 5.41) is 23.0. The van der Waals surface area contributed by atoms with E-state index in [4.69, 9.17) is 4.74 Å². The van der Waals surface area contributed by atoms with E-state index in [1.807, 2.05) is 6.08 Å². The minimum absolute atomic E-state index is 0.0240. The molecule has 0 aliphatic rings. The number of hydrogen-bond donors (Lipinski definition) is 3. The van der Waals surface area contributed by atoms with Gasteiger partial charge in [0.1, 0.15) is 0 Å². The topological polar surface area (TPSA) is 95.9 Å².